The Bertz CT molecular complexity index is 388. The van der Waals surface area contributed by atoms with E-state index in [-0.39, 0.29) is 11.4 Å². The molecule has 0 aliphatic carbocycles. The van der Waals surface area contributed by atoms with E-state index in [2.05, 4.69) is 11.7 Å². The molecule has 1 aromatic rings. The fraction of sp³-hybridized carbons (Fsp3) is 0.500. The molecule has 1 saturated heterocycles. The number of carbonyl (C=O) groups excluding carboxylic acids is 1. The summed E-state index contributed by atoms with van der Waals surface area (Å²) in [5, 5.41) is 0. The van der Waals surface area contributed by atoms with E-state index in [1.165, 1.54) is 12.7 Å². The minimum atomic E-state index is -0.284. The Morgan fingerprint density at radius 3 is 2.35 bits per heavy atom. The summed E-state index contributed by atoms with van der Waals surface area (Å²) in [5.74, 6) is -0.284. The van der Waals surface area contributed by atoms with Crippen molar-refractivity contribution in [1.82, 2.24) is 0 Å². The average molecular weight is 234 g/mol. The predicted octanol–water partition coefficient (Wildman–Crippen LogP) is 2.54. The lowest BCUT2D eigenvalue weighted by Crippen LogP contribution is -2.30. The van der Waals surface area contributed by atoms with Gasteiger partial charge >= 0.3 is 5.97 Å². The lowest BCUT2D eigenvalue weighted by atomic mass is 9.76. The van der Waals surface area contributed by atoms with Crippen molar-refractivity contribution in [3.63, 3.8) is 0 Å². The maximum absolute atomic E-state index is 11.3. The normalized spacial score (nSPS) is 18.7. The maximum Gasteiger partial charge on any atom is 0.337 e. The molecule has 1 aliphatic rings. The second-order valence-electron chi connectivity index (χ2n) is 4.74. The Labute approximate surface area is 102 Å². The first kappa shape index (κ1) is 12.1. The van der Waals surface area contributed by atoms with Crippen LogP contribution in [0.5, 0.6) is 0 Å². The largest absolute Gasteiger partial charge is 0.465 e. The number of carbonyl (C=O) groups is 1. The first-order chi connectivity index (χ1) is 8.15. The van der Waals surface area contributed by atoms with Crippen LogP contribution in [-0.2, 0) is 14.9 Å². The predicted molar refractivity (Wildman–Crippen MR) is 65.2 cm³/mol. The highest BCUT2D eigenvalue weighted by Crippen LogP contribution is 2.34. The van der Waals surface area contributed by atoms with Crippen molar-refractivity contribution in [2.75, 3.05) is 20.3 Å². The van der Waals surface area contributed by atoms with Crippen LogP contribution in [0.2, 0.25) is 0 Å². The number of methoxy groups -OCH3 is 1. The molecular formula is C14H18O3. The molecule has 92 valence electrons. The molecule has 17 heavy (non-hydrogen) atoms. The van der Waals surface area contributed by atoms with Crippen molar-refractivity contribution in [3.05, 3.63) is 35.4 Å². The first-order valence-corrected chi connectivity index (χ1v) is 5.92. The summed E-state index contributed by atoms with van der Waals surface area (Å²) < 4.78 is 10.1. The van der Waals surface area contributed by atoms with Gasteiger partial charge in [0.15, 0.2) is 0 Å². The van der Waals surface area contributed by atoms with Crippen molar-refractivity contribution in [2.45, 2.75) is 25.2 Å². The van der Waals surface area contributed by atoms with E-state index in [4.69, 9.17) is 4.74 Å². The highest BCUT2D eigenvalue weighted by molar-refractivity contribution is 5.89. The van der Waals surface area contributed by atoms with E-state index >= 15 is 0 Å². The van der Waals surface area contributed by atoms with E-state index < -0.39 is 0 Å². The minimum absolute atomic E-state index is 0.174. The van der Waals surface area contributed by atoms with Gasteiger partial charge in [-0.3, -0.25) is 0 Å². The molecule has 0 N–H and O–H groups in total. The third-order valence-electron chi connectivity index (χ3n) is 3.60. The van der Waals surface area contributed by atoms with Gasteiger partial charge in [-0.25, -0.2) is 4.79 Å². The van der Waals surface area contributed by atoms with Gasteiger partial charge in [0, 0.05) is 13.2 Å². The van der Waals surface area contributed by atoms with Gasteiger partial charge in [0.25, 0.3) is 0 Å². The van der Waals surface area contributed by atoms with Crippen molar-refractivity contribution in [1.29, 1.82) is 0 Å². The van der Waals surface area contributed by atoms with Gasteiger partial charge in [-0.1, -0.05) is 19.1 Å². The smallest absolute Gasteiger partial charge is 0.337 e. The molecule has 0 spiro atoms. The molecule has 1 aliphatic heterocycles. The Balaban J connectivity index is 2.19. The van der Waals surface area contributed by atoms with Crippen molar-refractivity contribution in [2.24, 2.45) is 0 Å². The average Bonchev–Trinajstić information content (AvgIpc) is 2.39. The van der Waals surface area contributed by atoms with E-state index in [1.54, 1.807) is 0 Å². The van der Waals surface area contributed by atoms with Gasteiger partial charge in [0.05, 0.1) is 12.7 Å². The number of hydrogen-bond donors (Lipinski definition) is 0. The Morgan fingerprint density at radius 2 is 1.82 bits per heavy atom. The fourth-order valence-electron chi connectivity index (χ4n) is 2.24. The van der Waals surface area contributed by atoms with Crippen LogP contribution in [0.15, 0.2) is 24.3 Å². The summed E-state index contributed by atoms with van der Waals surface area (Å²) in [5.41, 5.74) is 2.05. The Hall–Kier alpha value is -1.35. The van der Waals surface area contributed by atoms with Crippen LogP contribution < -0.4 is 0 Å². The van der Waals surface area contributed by atoms with Crippen molar-refractivity contribution < 1.29 is 14.3 Å². The van der Waals surface area contributed by atoms with Crippen LogP contribution in [0.3, 0.4) is 0 Å². The summed E-state index contributed by atoms with van der Waals surface area (Å²) >= 11 is 0. The third kappa shape index (κ3) is 2.50. The highest BCUT2D eigenvalue weighted by atomic mass is 16.5. The molecule has 1 fully saturated rings. The van der Waals surface area contributed by atoms with Crippen molar-refractivity contribution in [3.8, 4) is 0 Å². The highest BCUT2D eigenvalue weighted by Gasteiger charge is 2.29. The molecule has 0 atom stereocenters. The molecule has 0 radical (unpaired) electrons. The number of rotatable bonds is 2. The molecule has 0 unspecified atom stereocenters. The van der Waals surface area contributed by atoms with E-state index in [0.717, 1.165) is 26.1 Å². The zero-order chi connectivity index (χ0) is 12.3. The zero-order valence-corrected chi connectivity index (χ0v) is 10.4. The fourth-order valence-corrected chi connectivity index (χ4v) is 2.24. The summed E-state index contributed by atoms with van der Waals surface area (Å²) in [6.07, 6.45) is 2.06. The van der Waals surface area contributed by atoms with Crippen LogP contribution >= 0.6 is 0 Å². The molecule has 0 saturated carbocycles. The van der Waals surface area contributed by atoms with Gasteiger partial charge in [-0.05, 0) is 36.0 Å². The molecular weight excluding hydrogens is 216 g/mol. The molecule has 0 bridgehead atoms. The molecule has 1 heterocycles. The lowest BCUT2D eigenvalue weighted by molar-refractivity contribution is 0.0561. The first-order valence-electron chi connectivity index (χ1n) is 5.92. The monoisotopic (exact) mass is 234 g/mol. The molecule has 0 aromatic heterocycles. The van der Waals surface area contributed by atoms with Crippen LogP contribution in [0, 0.1) is 0 Å². The number of hydrogen-bond acceptors (Lipinski definition) is 3. The van der Waals surface area contributed by atoms with Gasteiger partial charge in [0.2, 0.25) is 0 Å². The molecule has 2 rings (SSSR count). The van der Waals surface area contributed by atoms with E-state index in [1.807, 2.05) is 24.3 Å². The van der Waals surface area contributed by atoms with Crippen LogP contribution in [0.25, 0.3) is 0 Å². The standard InChI is InChI=1S/C14H18O3/c1-14(7-9-17-10-8-14)12-5-3-11(4-6-12)13(15)16-2/h3-6H,7-10H2,1-2H3. The summed E-state index contributed by atoms with van der Waals surface area (Å²) in [6, 6.07) is 7.72. The quantitative estimate of drug-likeness (QED) is 0.738. The second-order valence-corrected chi connectivity index (χ2v) is 4.74. The summed E-state index contributed by atoms with van der Waals surface area (Å²) in [6.45, 7) is 3.88. The summed E-state index contributed by atoms with van der Waals surface area (Å²) in [4.78, 5) is 11.3. The zero-order valence-electron chi connectivity index (χ0n) is 10.4. The number of benzene rings is 1. The number of esters is 1. The number of ether oxygens (including phenoxy) is 2. The van der Waals surface area contributed by atoms with Crippen molar-refractivity contribution >= 4 is 5.97 Å². The maximum atomic E-state index is 11.3. The molecule has 3 nitrogen and oxygen atoms in total. The van der Waals surface area contributed by atoms with E-state index in [9.17, 15) is 4.79 Å². The minimum Gasteiger partial charge on any atom is -0.465 e. The van der Waals surface area contributed by atoms with Crippen LogP contribution in [0.1, 0.15) is 35.7 Å². The lowest BCUT2D eigenvalue weighted by Gasteiger charge is -2.34. The van der Waals surface area contributed by atoms with Gasteiger partial charge < -0.3 is 9.47 Å². The summed E-state index contributed by atoms with van der Waals surface area (Å²) in [7, 11) is 1.40. The SMILES string of the molecule is COC(=O)c1ccc(C2(C)CCOCC2)cc1. The van der Waals surface area contributed by atoms with Gasteiger partial charge in [0.1, 0.15) is 0 Å². The van der Waals surface area contributed by atoms with Crippen LogP contribution in [0.4, 0.5) is 0 Å². The molecule has 1 aromatic carbocycles. The van der Waals surface area contributed by atoms with E-state index in [0.29, 0.717) is 5.56 Å². The van der Waals surface area contributed by atoms with Crippen LogP contribution in [-0.4, -0.2) is 26.3 Å². The third-order valence-corrected chi connectivity index (χ3v) is 3.60. The van der Waals surface area contributed by atoms with Gasteiger partial charge in [-0.2, -0.15) is 0 Å². The Morgan fingerprint density at radius 1 is 1.24 bits per heavy atom. The Kier molecular flexibility index (Phi) is 3.48. The second kappa shape index (κ2) is 4.88. The topological polar surface area (TPSA) is 35.5 Å². The van der Waals surface area contributed by atoms with Gasteiger partial charge in [-0.15, -0.1) is 0 Å². The molecule has 3 heteroatoms. The molecule has 0 amide bonds.